The Kier molecular flexibility index (Phi) is 4.89. The van der Waals surface area contributed by atoms with Crippen LogP contribution < -0.4 is 11.1 Å². The van der Waals surface area contributed by atoms with Crippen molar-refractivity contribution < 1.29 is 0 Å². The van der Waals surface area contributed by atoms with Crippen molar-refractivity contribution in [3.63, 3.8) is 0 Å². The predicted molar refractivity (Wildman–Crippen MR) is 79.9 cm³/mol. The van der Waals surface area contributed by atoms with Crippen molar-refractivity contribution >= 4 is 17.6 Å². The van der Waals surface area contributed by atoms with E-state index < -0.39 is 0 Å². The van der Waals surface area contributed by atoms with E-state index >= 15 is 0 Å². The largest absolute Gasteiger partial charge is 0.383 e. The van der Waals surface area contributed by atoms with Crippen molar-refractivity contribution in [3.05, 3.63) is 23.4 Å². The minimum Gasteiger partial charge on any atom is -0.383 e. The molecule has 3 N–H and O–H groups in total. The van der Waals surface area contributed by atoms with E-state index in [1.54, 1.807) is 6.20 Å². The van der Waals surface area contributed by atoms with Crippen LogP contribution in [-0.4, -0.2) is 22.5 Å². The molecule has 1 aromatic heterocycles. The van der Waals surface area contributed by atoms with E-state index in [-0.39, 0.29) is 0 Å². The molecule has 2 heterocycles. The number of pyridine rings is 1. The zero-order valence-corrected chi connectivity index (χ0v) is 12.1. The first-order valence-corrected chi connectivity index (χ1v) is 7.85. The molecule has 4 heteroatoms. The maximum Gasteiger partial charge on any atom is 0.128 e. The Morgan fingerprint density at radius 1 is 1.61 bits per heavy atom. The van der Waals surface area contributed by atoms with Crippen LogP contribution in [0.2, 0.25) is 0 Å². The van der Waals surface area contributed by atoms with Crippen LogP contribution in [0.5, 0.6) is 0 Å². The van der Waals surface area contributed by atoms with Crippen LogP contribution in [0.3, 0.4) is 0 Å². The topological polar surface area (TPSA) is 50.9 Å². The maximum absolute atomic E-state index is 6.10. The van der Waals surface area contributed by atoms with Gasteiger partial charge in [-0.1, -0.05) is 6.92 Å². The third-order valence-corrected chi connectivity index (χ3v) is 4.96. The van der Waals surface area contributed by atoms with Crippen LogP contribution in [-0.2, 0) is 0 Å². The quantitative estimate of drug-likeness (QED) is 0.859. The van der Waals surface area contributed by atoms with Crippen LogP contribution in [0.4, 0.5) is 5.82 Å². The van der Waals surface area contributed by atoms with Gasteiger partial charge in [0.15, 0.2) is 0 Å². The number of rotatable bonds is 5. The number of nitrogens with zero attached hydrogens (tertiary/aromatic N) is 1. The Bertz CT molecular complexity index is 368. The molecule has 1 fully saturated rings. The molecule has 2 atom stereocenters. The summed E-state index contributed by atoms with van der Waals surface area (Å²) in [7, 11) is 0. The third kappa shape index (κ3) is 2.98. The summed E-state index contributed by atoms with van der Waals surface area (Å²) in [4.78, 5) is 4.27. The van der Waals surface area contributed by atoms with Crippen LogP contribution in [0.15, 0.2) is 12.3 Å². The summed E-state index contributed by atoms with van der Waals surface area (Å²) in [6, 6.07) is 2.41. The second-order valence-corrected chi connectivity index (χ2v) is 6.26. The highest BCUT2D eigenvalue weighted by atomic mass is 32.2. The smallest absolute Gasteiger partial charge is 0.128 e. The molecule has 2 unspecified atom stereocenters. The lowest BCUT2D eigenvalue weighted by Crippen LogP contribution is -2.31. The van der Waals surface area contributed by atoms with Gasteiger partial charge < -0.3 is 11.1 Å². The minimum atomic E-state index is 0.353. The van der Waals surface area contributed by atoms with E-state index in [9.17, 15) is 0 Å². The molecule has 0 saturated carbocycles. The van der Waals surface area contributed by atoms with Crippen molar-refractivity contribution in [2.24, 2.45) is 0 Å². The summed E-state index contributed by atoms with van der Waals surface area (Å²) in [6.45, 7) is 5.37. The van der Waals surface area contributed by atoms with E-state index in [1.807, 2.05) is 0 Å². The van der Waals surface area contributed by atoms with Gasteiger partial charge in [-0.2, -0.15) is 11.8 Å². The normalized spacial score (nSPS) is 21.1. The maximum atomic E-state index is 6.10. The molecule has 0 radical (unpaired) electrons. The standard InChI is InChI=1S/C14H23N3S/c1-3-7-16-13(11-5-4-9-18-11)12-10(2)6-8-17-14(12)15/h6,8,11,13,16H,3-5,7,9H2,1-2H3,(H2,15,17). The highest BCUT2D eigenvalue weighted by molar-refractivity contribution is 8.00. The molecule has 0 aromatic carbocycles. The summed E-state index contributed by atoms with van der Waals surface area (Å²) in [5, 5.41) is 4.31. The van der Waals surface area contributed by atoms with Gasteiger partial charge in [0.05, 0.1) is 0 Å². The Balaban J connectivity index is 2.26. The molecule has 0 aliphatic carbocycles. The van der Waals surface area contributed by atoms with E-state index in [4.69, 9.17) is 5.73 Å². The summed E-state index contributed by atoms with van der Waals surface area (Å²) in [5.41, 5.74) is 8.57. The number of nitrogens with one attached hydrogen (secondary N) is 1. The number of anilines is 1. The first kappa shape index (κ1) is 13.7. The lowest BCUT2D eigenvalue weighted by Gasteiger charge is -2.26. The molecular formula is C14H23N3S. The van der Waals surface area contributed by atoms with Crippen molar-refractivity contribution in [1.29, 1.82) is 0 Å². The average molecular weight is 265 g/mol. The van der Waals surface area contributed by atoms with Crippen LogP contribution in [0, 0.1) is 6.92 Å². The first-order valence-electron chi connectivity index (χ1n) is 6.80. The van der Waals surface area contributed by atoms with Gasteiger partial charge in [0.25, 0.3) is 0 Å². The fourth-order valence-electron chi connectivity index (χ4n) is 2.58. The number of nitrogen functional groups attached to an aromatic ring is 1. The highest BCUT2D eigenvalue weighted by Gasteiger charge is 2.29. The van der Waals surface area contributed by atoms with Crippen molar-refractivity contribution in [2.45, 2.75) is 44.4 Å². The third-order valence-electron chi connectivity index (χ3n) is 3.50. The number of aromatic nitrogens is 1. The lowest BCUT2D eigenvalue weighted by atomic mass is 9.97. The summed E-state index contributed by atoms with van der Waals surface area (Å²) in [5.74, 6) is 1.96. The van der Waals surface area contributed by atoms with Gasteiger partial charge in [-0.15, -0.1) is 0 Å². The molecule has 0 amide bonds. The van der Waals surface area contributed by atoms with Crippen molar-refractivity contribution in [3.8, 4) is 0 Å². The zero-order chi connectivity index (χ0) is 13.0. The fourth-order valence-corrected chi connectivity index (χ4v) is 3.97. The van der Waals surface area contributed by atoms with E-state index in [0.717, 1.165) is 13.0 Å². The Morgan fingerprint density at radius 2 is 2.44 bits per heavy atom. The monoisotopic (exact) mass is 265 g/mol. The molecule has 1 saturated heterocycles. The molecule has 1 aliphatic heterocycles. The molecule has 2 rings (SSSR count). The molecule has 0 bridgehead atoms. The summed E-state index contributed by atoms with van der Waals surface area (Å²) < 4.78 is 0. The Morgan fingerprint density at radius 3 is 3.06 bits per heavy atom. The number of hydrogen-bond acceptors (Lipinski definition) is 4. The second-order valence-electron chi connectivity index (χ2n) is 4.91. The van der Waals surface area contributed by atoms with Gasteiger partial charge in [0.1, 0.15) is 5.82 Å². The van der Waals surface area contributed by atoms with Gasteiger partial charge in [-0.3, -0.25) is 0 Å². The molecule has 1 aromatic rings. The van der Waals surface area contributed by atoms with Gasteiger partial charge in [-0.25, -0.2) is 4.98 Å². The number of hydrogen-bond donors (Lipinski definition) is 2. The van der Waals surface area contributed by atoms with Gasteiger partial charge in [-0.05, 0) is 50.1 Å². The minimum absolute atomic E-state index is 0.353. The van der Waals surface area contributed by atoms with Crippen molar-refractivity contribution in [2.75, 3.05) is 18.0 Å². The Labute approximate surface area is 114 Å². The van der Waals surface area contributed by atoms with Crippen LogP contribution in [0.25, 0.3) is 0 Å². The van der Waals surface area contributed by atoms with Gasteiger partial charge in [0.2, 0.25) is 0 Å². The molecular weight excluding hydrogens is 242 g/mol. The predicted octanol–water partition coefficient (Wildman–Crippen LogP) is 2.91. The van der Waals surface area contributed by atoms with Crippen LogP contribution >= 0.6 is 11.8 Å². The zero-order valence-electron chi connectivity index (χ0n) is 11.3. The SMILES string of the molecule is CCCNC(c1c(C)ccnc1N)C1CCCS1. The number of nitrogens with two attached hydrogens (primary N) is 1. The second kappa shape index (κ2) is 6.43. The van der Waals surface area contributed by atoms with E-state index in [0.29, 0.717) is 17.1 Å². The highest BCUT2D eigenvalue weighted by Crippen LogP contribution is 2.38. The van der Waals surface area contributed by atoms with E-state index in [2.05, 4.69) is 42.0 Å². The molecule has 100 valence electrons. The summed E-state index contributed by atoms with van der Waals surface area (Å²) in [6.07, 6.45) is 5.54. The fraction of sp³-hybridized carbons (Fsp3) is 0.643. The van der Waals surface area contributed by atoms with Gasteiger partial charge >= 0.3 is 0 Å². The van der Waals surface area contributed by atoms with Gasteiger partial charge in [0, 0.05) is 23.1 Å². The average Bonchev–Trinajstić information content (AvgIpc) is 2.86. The molecule has 18 heavy (non-hydrogen) atoms. The van der Waals surface area contributed by atoms with Crippen molar-refractivity contribution in [1.82, 2.24) is 10.3 Å². The number of aryl methyl sites for hydroxylation is 1. The first-order chi connectivity index (χ1) is 8.74. The molecule has 0 spiro atoms. The number of thioether (sulfide) groups is 1. The van der Waals surface area contributed by atoms with E-state index in [1.165, 1.54) is 29.7 Å². The summed E-state index contributed by atoms with van der Waals surface area (Å²) >= 11 is 2.07. The molecule has 3 nitrogen and oxygen atoms in total. The lowest BCUT2D eigenvalue weighted by molar-refractivity contribution is 0.502. The van der Waals surface area contributed by atoms with Crippen LogP contribution in [0.1, 0.15) is 43.4 Å². The molecule has 1 aliphatic rings. The Hall–Kier alpha value is -0.740.